The van der Waals surface area contributed by atoms with Crippen molar-refractivity contribution in [2.75, 3.05) is 0 Å². The fraction of sp³-hybridized carbons (Fsp3) is 1.00. The van der Waals surface area contributed by atoms with Crippen molar-refractivity contribution in [2.24, 2.45) is 0 Å². The smallest absolute Gasteiger partial charge is 2.00 e. The zero-order chi connectivity index (χ0) is 62.6. The molecule has 0 aromatic carbocycles. The van der Waals surface area contributed by atoms with Crippen molar-refractivity contribution in [1.82, 2.24) is 0 Å². The normalized spacial score (nSPS) is 27.3. The summed E-state index contributed by atoms with van der Waals surface area (Å²) in [5.41, 5.74) is 3.81. The fourth-order valence-electron chi connectivity index (χ4n) is 15.1. The number of rotatable bonds is 0. The summed E-state index contributed by atoms with van der Waals surface area (Å²) < 4.78 is 0. The van der Waals surface area contributed by atoms with Crippen LogP contribution in [-0.2, 0) is 21.9 Å². The maximum Gasteiger partial charge on any atom is 4.00 e. The Kier molecular flexibility index (Phi) is 53.4. The third-order valence-electron chi connectivity index (χ3n) is 17.5. The molecule has 0 aliphatic carbocycles. The number of hydrogen-bond acceptors (Lipinski definition) is 0. The van der Waals surface area contributed by atoms with Gasteiger partial charge in [-0.05, 0) is 0 Å². The van der Waals surface area contributed by atoms with Crippen molar-refractivity contribution < 1.29 is 189 Å². The van der Waals surface area contributed by atoms with Gasteiger partial charge < -0.3 is 64.4 Å². The van der Waals surface area contributed by atoms with Gasteiger partial charge in [0.25, 0.3) is 0 Å². The molecule has 16 heteroatoms. The van der Waals surface area contributed by atoms with E-state index in [9.17, 15) is 0 Å². The van der Waals surface area contributed by atoms with E-state index in [1.54, 1.807) is 0 Å². The van der Waals surface area contributed by atoms with Gasteiger partial charge >= 0.3 is 167 Å². The Labute approximate surface area is 685 Å². The van der Waals surface area contributed by atoms with Crippen molar-refractivity contribution in [3.63, 3.8) is 0 Å². The van der Waals surface area contributed by atoms with E-state index < -0.39 is 0 Å². The number of piperidine rings is 8. The van der Waals surface area contributed by atoms with Crippen LogP contribution in [-0.4, -0.2) is 88.6 Å². The van der Waals surface area contributed by atoms with Gasteiger partial charge in [-0.15, -0.1) is 88.6 Å². The van der Waals surface area contributed by atoms with Gasteiger partial charge in [-0.2, -0.15) is 0 Å². The molecule has 0 atom stereocenters. The van der Waals surface area contributed by atoms with Gasteiger partial charge in [0.2, 0.25) is 0 Å². The maximum atomic E-state index is 4.75. The average Bonchev–Trinajstić information content (AvgIpc) is 3.12. The Morgan fingerprint density at radius 2 is 0.170 bits per heavy atom. The number of nitrogens with zero attached hydrogens (tertiary/aromatic N) is 8. The summed E-state index contributed by atoms with van der Waals surface area (Å²) in [7, 11) is 0. The Balaban J connectivity index is -0.000000137. The molecule has 8 saturated heterocycles. The van der Waals surface area contributed by atoms with Crippen LogP contribution in [0.2, 0.25) is 0 Å². The van der Waals surface area contributed by atoms with Crippen molar-refractivity contribution in [3.8, 4) is 0 Å². The van der Waals surface area contributed by atoms with Gasteiger partial charge in [0.05, 0.1) is 0 Å². The molecule has 0 radical (unpaired) electrons. The van der Waals surface area contributed by atoms with E-state index in [4.69, 9.17) is 42.5 Å². The summed E-state index contributed by atoms with van der Waals surface area (Å²) >= 11 is 0. The molecule has 0 unspecified atom stereocenters. The number of hydrogen-bond donors (Lipinski definition) is 0. The van der Waals surface area contributed by atoms with Crippen LogP contribution in [0.25, 0.3) is 42.5 Å². The zero-order valence-electron chi connectivity index (χ0n) is 64.2. The fourth-order valence-corrected chi connectivity index (χ4v) is 15.1. The standard InChI is InChI=1S/8C9H18N.4Ce.4O/c8*1-8(2)6-5-7-9(3,4)10-8;;;;;;;;/h8*5-7H2,1-4H3;;;;;;;;/q8*-1;4*+4;4*-2. The molecular weight excluding hydrogens is 1600 g/mol. The van der Waals surface area contributed by atoms with Gasteiger partial charge in [-0.1, -0.05) is 376 Å². The Morgan fingerprint density at radius 1 is 0.125 bits per heavy atom. The third-order valence-corrected chi connectivity index (χ3v) is 17.5. The molecule has 0 N–H and O–H groups in total. The SMILES string of the molecule is CC1(C)CCCC(C)(C)[N-]1.CC1(C)CCCC(C)(C)[N-]1.CC1(C)CCCC(C)(C)[N-]1.CC1(C)CCCC(C)(C)[N-]1.CC1(C)CCCC(C)(C)[N-]1.CC1(C)CCCC(C)(C)[N-]1.CC1(C)CCCC(C)(C)[N-]1.CC1(C)CCCC(C)(C)[N-]1.[Ce+4].[Ce+4].[Ce+4].[Ce+4].[O-2].[O-2].[O-2].[O-2]. The van der Waals surface area contributed by atoms with E-state index in [0.29, 0.717) is 0 Å². The molecule has 512 valence electrons. The van der Waals surface area contributed by atoms with Gasteiger partial charge in [0, 0.05) is 0 Å². The van der Waals surface area contributed by atoms with Crippen molar-refractivity contribution in [3.05, 3.63) is 42.5 Å². The average molecular weight is 1750 g/mol. The van der Waals surface area contributed by atoms with Gasteiger partial charge in [0.15, 0.2) is 0 Å². The monoisotopic (exact) mass is 1740 g/mol. The van der Waals surface area contributed by atoms with Crippen LogP contribution in [0.5, 0.6) is 0 Å². The van der Waals surface area contributed by atoms with E-state index in [0.717, 1.165) is 0 Å². The molecule has 8 aliphatic heterocycles. The van der Waals surface area contributed by atoms with E-state index in [-0.39, 0.29) is 278 Å². The maximum absolute atomic E-state index is 4.75. The predicted octanol–water partition coefficient (Wildman–Crippen LogP) is 24.3. The largest absolute Gasteiger partial charge is 4.00 e. The van der Waals surface area contributed by atoms with Crippen LogP contribution in [0.4, 0.5) is 0 Å². The molecule has 88 heavy (non-hydrogen) atoms. The first-order chi connectivity index (χ1) is 35.3. The first-order valence-corrected chi connectivity index (χ1v) is 33.2. The van der Waals surface area contributed by atoms with Crippen LogP contribution in [0, 0.1) is 167 Å². The minimum absolute atomic E-state index is 0. The van der Waals surface area contributed by atoms with E-state index in [2.05, 4.69) is 222 Å². The third kappa shape index (κ3) is 53.9. The summed E-state index contributed by atoms with van der Waals surface area (Å²) in [6, 6.07) is 0. The van der Waals surface area contributed by atoms with Crippen LogP contribution >= 0.6 is 0 Å². The van der Waals surface area contributed by atoms with Crippen LogP contribution in [0.1, 0.15) is 376 Å². The van der Waals surface area contributed by atoms with E-state index >= 15 is 0 Å². The van der Waals surface area contributed by atoms with Crippen LogP contribution < -0.4 is 0 Å². The summed E-state index contributed by atoms with van der Waals surface area (Å²) in [5, 5.41) is 38.0. The molecule has 0 amide bonds. The Morgan fingerprint density at radius 3 is 0.193 bits per heavy atom. The zero-order valence-corrected chi connectivity index (χ0v) is 76.7. The molecule has 0 saturated carbocycles. The summed E-state index contributed by atoms with van der Waals surface area (Å²) in [6.07, 6.45) is 30.9. The molecule has 8 aliphatic rings. The topological polar surface area (TPSA) is 227 Å². The molecule has 12 nitrogen and oxygen atoms in total. The second kappa shape index (κ2) is 43.1. The molecule has 0 aromatic rings. The molecular formula is C72H144Ce4N8O4. The minimum atomic E-state index is 0. The molecule has 0 bridgehead atoms. The van der Waals surface area contributed by atoms with E-state index in [1.165, 1.54) is 154 Å². The van der Waals surface area contributed by atoms with E-state index in [1.807, 2.05) is 0 Å². The first kappa shape index (κ1) is 109. The Hall–Kier alpha value is 5.03. The van der Waals surface area contributed by atoms with Crippen molar-refractivity contribution in [2.45, 2.75) is 464 Å². The van der Waals surface area contributed by atoms with Gasteiger partial charge in [-0.25, -0.2) is 0 Å². The minimum Gasteiger partial charge on any atom is -2.00 e. The van der Waals surface area contributed by atoms with Crippen molar-refractivity contribution in [1.29, 1.82) is 0 Å². The Bertz CT molecular complexity index is 1320. The predicted molar refractivity (Wildman–Crippen MR) is 366 cm³/mol. The first-order valence-electron chi connectivity index (χ1n) is 33.2. The van der Waals surface area contributed by atoms with Crippen LogP contribution in [0.3, 0.4) is 0 Å². The summed E-state index contributed by atoms with van der Waals surface area (Å²) in [6.45, 7) is 71.4. The summed E-state index contributed by atoms with van der Waals surface area (Å²) in [4.78, 5) is 0. The van der Waals surface area contributed by atoms with Crippen molar-refractivity contribution >= 4 is 0 Å². The molecule has 8 heterocycles. The molecule has 8 rings (SSSR count). The van der Waals surface area contributed by atoms with Gasteiger partial charge in [-0.3, -0.25) is 0 Å². The van der Waals surface area contributed by atoms with Gasteiger partial charge in [0.1, 0.15) is 0 Å². The second-order valence-electron chi connectivity index (χ2n) is 36.7. The molecule has 0 spiro atoms. The molecule has 0 aromatic heterocycles. The van der Waals surface area contributed by atoms with Crippen LogP contribution in [0.15, 0.2) is 0 Å². The quantitative estimate of drug-likeness (QED) is 0.221. The molecule has 8 fully saturated rings. The summed E-state index contributed by atoms with van der Waals surface area (Å²) in [5.74, 6) is 0. The second-order valence-corrected chi connectivity index (χ2v) is 36.7.